The molecular formula is C29H48O4. The molecule has 1 aromatic carbocycles. The lowest BCUT2D eigenvalue weighted by Gasteiger charge is -2.13. The average Bonchev–Trinajstić information content (AvgIpc) is 2.82. The van der Waals surface area contributed by atoms with E-state index >= 15 is 0 Å². The van der Waals surface area contributed by atoms with Crippen LogP contribution in [0.4, 0.5) is 0 Å². The average molecular weight is 461 g/mol. The Balaban J connectivity index is 2.24. The predicted octanol–water partition coefficient (Wildman–Crippen LogP) is 8.67. The van der Waals surface area contributed by atoms with E-state index in [2.05, 4.69) is 13.8 Å². The number of esters is 2. The molecule has 0 aliphatic heterocycles. The minimum absolute atomic E-state index is 0.120. The van der Waals surface area contributed by atoms with Gasteiger partial charge in [0.25, 0.3) is 0 Å². The summed E-state index contributed by atoms with van der Waals surface area (Å²) in [6.45, 7) is 6.82. The van der Waals surface area contributed by atoms with Crippen LogP contribution < -0.4 is 0 Å². The van der Waals surface area contributed by atoms with Crippen LogP contribution in [-0.2, 0) is 9.47 Å². The molecule has 1 aromatic rings. The van der Waals surface area contributed by atoms with E-state index < -0.39 is 0 Å². The van der Waals surface area contributed by atoms with Gasteiger partial charge < -0.3 is 9.47 Å². The van der Waals surface area contributed by atoms with Gasteiger partial charge in [0.15, 0.2) is 0 Å². The first-order chi connectivity index (χ1) is 16.1. The van der Waals surface area contributed by atoms with E-state index in [0.29, 0.717) is 17.7 Å². The van der Waals surface area contributed by atoms with Gasteiger partial charge in [0, 0.05) is 0 Å². The Labute approximate surface area is 202 Å². The topological polar surface area (TPSA) is 52.6 Å². The van der Waals surface area contributed by atoms with Crippen molar-refractivity contribution in [2.75, 3.05) is 6.61 Å². The van der Waals surface area contributed by atoms with Crippen molar-refractivity contribution < 1.29 is 19.1 Å². The Morgan fingerprint density at radius 2 is 1.18 bits per heavy atom. The molecule has 0 aliphatic rings. The van der Waals surface area contributed by atoms with Gasteiger partial charge in [-0.2, -0.15) is 0 Å². The van der Waals surface area contributed by atoms with Gasteiger partial charge in [0.2, 0.25) is 0 Å². The highest BCUT2D eigenvalue weighted by atomic mass is 16.5. The molecule has 0 radical (unpaired) electrons. The second-order valence-corrected chi connectivity index (χ2v) is 9.32. The molecule has 1 atom stereocenters. The molecule has 0 saturated carbocycles. The minimum Gasteiger partial charge on any atom is -0.462 e. The maximum atomic E-state index is 12.5. The lowest BCUT2D eigenvalue weighted by Crippen LogP contribution is -2.16. The van der Waals surface area contributed by atoms with Crippen LogP contribution in [0.1, 0.15) is 144 Å². The molecule has 0 heterocycles. The van der Waals surface area contributed by atoms with Crippen LogP contribution >= 0.6 is 0 Å². The monoisotopic (exact) mass is 460 g/mol. The highest BCUT2D eigenvalue weighted by Crippen LogP contribution is 2.14. The van der Waals surface area contributed by atoms with Crippen molar-refractivity contribution in [1.82, 2.24) is 0 Å². The SMILES string of the molecule is CCCCCCCCCCCOC(=O)c1cccc(C(=O)OC(C)CCCCCCCC)c1. The third-order valence-corrected chi connectivity index (χ3v) is 6.09. The van der Waals surface area contributed by atoms with E-state index in [1.807, 2.05) is 6.92 Å². The van der Waals surface area contributed by atoms with Crippen molar-refractivity contribution in [2.24, 2.45) is 0 Å². The van der Waals surface area contributed by atoms with Crippen molar-refractivity contribution >= 4 is 11.9 Å². The molecule has 0 bridgehead atoms. The summed E-state index contributed by atoms with van der Waals surface area (Å²) in [6, 6.07) is 6.68. The lowest BCUT2D eigenvalue weighted by molar-refractivity contribution is 0.0319. The lowest BCUT2D eigenvalue weighted by atomic mass is 10.1. The molecule has 4 nitrogen and oxygen atoms in total. The molecule has 33 heavy (non-hydrogen) atoms. The van der Waals surface area contributed by atoms with Crippen molar-refractivity contribution in [3.63, 3.8) is 0 Å². The van der Waals surface area contributed by atoms with E-state index in [-0.39, 0.29) is 18.0 Å². The van der Waals surface area contributed by atoms with E-state index in [1.165, 1.54) is 77.0 Å². The largest absolute Gasteiger partial charge is 0.462 e. The van der Waals surface area contributed by atoms with Gasteiger partial charge in [0.05, 0.1) is 23.8 Å². The summed E-state index contributed by atoms with van der Waals surface area (Å²) >= 11 is 0. The third-order valence-electron chi connectivity index (χ3n) is 6.09. The number of carbonyl (C=O) groups excluding carboxylic acids is 2. The molecule has 0 fully saturated rings. The molecule has 0 aliphatic carbocycles. The normalized spacial score (nSPS) is 11.8. The fourth-order valence-corrected chi connectivity index (χ4v) is 3.96. The number of rotatable bonds is 20. The summed E-state index contributed by atoms with van der Waals surface area (Å²) < 4.78 is 11.0. The van der Waals surface area contributed by atoms with E-state index in [4.69, 9.17) is 9.47 Å². The van der Waals surface area contributed by atoms with Gasteiger partial charge in [-0.3, -0.25) is 0 Å². The van der Waals surface area contributed by atoms with Gasteiger partial charge in [-0.1, -0.05) is 103 Å². The zero-order valence-corrected chi connectivity index (χ0v) is 21.5. The van der Waals surface area contributed by atoms with E-state index in [9.17, 15) is 9.59 Å². The smallest absolute Gasteiger partial charge is 0.338 e. The zero-order valence-electron chi connectivity index (χ0n) is 21.5. The molecule has 188 valence electrons. The van der Waals surface area contributed by atoms with Crippen molar-refractivity contribution in [1.29, 1.82) is 0 Å². The summed E-state index contributed by atoms with van der Waals surface area (Å²) in [6.07, 6.45) is 19.1. The van der Waals surface area contributed by atoms with Gasteiger partial charge in [-0.15, -0.1) is 0 Å². The molecular weight excluding hydrogens is 412 g/mol. The quantitative estimate of drug-likeness (QED) is 0.144. The molecule has 0 aromatic heterocycles. The highest BCUT2D eigenvalue weighted by molar-refractivity contribution is 5.95. The standard InChI is InChI=1S/C29H48O4/c1-4-6-8-10-12-13-14-16-18-23-32-28(30)26-21-19-22-27(24-26)29(31)33-25(3)20-17-15-11-9-7-5-2/h19,21-22,24-25H,4-18,20,23H2,1-3H3. The highest BCUT2D eigenvalue weighted by Gasteiger charge is 2.15. The molecule has 0 N–H and O–H groups in total. The number of hydrogen-bond donors (Lipinski definition) is 0. The number of benzene rings is 1. The molecule has 0 saturated heterocycles. The summed E-state index contributed by atoms with van der Waals surface area (Å²) in [5, 5.41) is 0. The Hall–Kier alpha value is -1.84. The summed E-state index contributed by atoms with van der Waals surface area (Å²) in [5.74, 6) is -0.744. The Bertz CT molecular complexity index is 640. The van der Waals surface area contributed by atoms with Crippen molar-refractivity contribution in [3.05, 3.63) is 35.4 Å². The van der Waals surface area contributed by atoms with Gasteiger partial charge >= 0.3 is 11.9 Å². The number of ether oxygens (including phenoxy) is 2. The number of unbranched alkanes of at least 4 members (excludes halogenated alkanes) is 13. The van der Waals surface area contributed by atoms with Crippen LogP contribution in [0.15, 0.2) is 24.3 Å². The van der Waals surface area contributed by atoms with Gasteiger partial charge in [-0.05, 0) is 44.4 Å². The van der Waals surface area contributed by atoms with Crippen LogP contribution in [0.2, 0.25) is 0 Å². The Kier molecular flexibility index (Phi) is 17.4. The van der Waals surface area contributed by atoms with Gasteiger partial charge in [0.1, 0.15) is 0 Å². The van der Waals surface area contributed by atoms with Gasteiger partial charge in [-0.25, -0.2) is 9.59 Å². The fraction of sp³-hybridized carbons (Fsp3) is 0.724. The van der Waals surface area contributed by atoms with Crippen LogP contribution in [0.5, 0.6) is 0 Å². The molecule has 1 rings (SSSR count). The van der Waals surface area contributed by atoms with Crippen LogP contribution in [-0.4, -0.2) is 24.6 Å². The molecule has 4 heteroatoms. The second kappa shape index (κ2) is 19.6. The minimum atomic E-state index is -0.373. The molecule has 1 unspecified atom stereocenters. The molecule has 0 spiro atoms. The first-order valence-electron chi connectivity index (χ1n) is 13.6. The first kappa shape index (κ1) is 29.2. The Morgan fingerprint density at radius 1 is 0.697 bits per heavy atom. The predicted molar refractivity (Wildman–Crippen MR) is 137 cm³/mol. The maximum absolute atomic E-state index is 12.5. The Morgan fingerprint density at radius 3 is 1.76 bits per heavy atom. The van der Waals surface area contributed by atoms with Crippen LogP contribution in [0, 0.1) is 0 Å². The molecule has 0 amide bonds. The van der Waals surface area contributed by atoms with Crippen LogP contribution in [0.3, 0.4) is 0 Å². The fourth-order valence-electron chi connectivity index (χ4n) is 3.96. The first-order valence-corrected chi connectivity index (χ1v) is 13.6. The maximum Gasteiger partial charge on any atom is 0.338 e. The third kappa shape index (κ3) is 14.8. The zero-order chi connectivity index (χ0) is 24.2. The summed E-state index contributed by atoms with van der Waals surface area (Å²) in [4.78, 5) is 24.8. The summed E-state index contributed by atoms with van der Waals surface area (Å²) in [5.41, 5.74) is 0.811. The van der Waals surface area contributed by atoms with E-state index in [1.54, 1.807) is 24.3 Å². The number of carbonyl (C=O) groups is 2. The van der Waals surface area contributed by atoms with Crippen molar-refractivity contribution in [2.45, 2.75) is 130 Å². The van der Waals surface area contributed by atoms with E-state index in [0.717, 1.165) is 25.7 Å². The second-order valence-electron chi connectivity index (χ2n) is 9.32. The number of hydrogen-bond acceptors (Lipinski definition) is 4. The van der Waals surface area contributed by atoms with Crippen LogP contribution in [0.25, 0.3) is 0 Å². The van der Waals surface area contributed by atoms with Crippen molar-refractivity contribution in [3.8, 4) is 0 Å². The summed E-state index contributed by atoms with van der Waals surface area (Å²) in [7, 11) is 0.